The number of hydrogen-bond donors (Lipinski definition) is 3. The molecular formula is C10H19N3O6S. The van der Waals surface area contributed by atoms with Crippen LogP contribution in [0, 0.1) is 5.92 Å². The molecule has 0 aromatic heterocycles. The SMILES string of the molecule is CNS(=O)(=O)CCNC(=O)N(C)C1COCC1C(=O)O. The Labute approximate surface area is 117 Å². The van der Waals surface area contributed by atoms with Gasteiger partial charge in [0.25, 0.3) is 0 Å². The lowest BCUT2D eigenvalue weighted by molar-refractivity contribution is -0.142. The normalized spacial score (nSPS) is 22.5. The molecule has 1 rings (SSSR count). The fourth-order valence-electron chi connectivity index (χ4n) is 1.83. The molecule has 1 fully saturated rings. The van der Waals surface area contributed by atoms with Crippen molar-refractivity contribution < 1.29 is 27.9 Å². The van der Waals surface area contributed by atoms with Crippen LogP contribution in [-0.4, -0.2) is 76.1 Å². The lowest BCUT2D eigenvalue weighted by Crippen LogP contribution is -2.49. The minimum atomic E-state index is -3.39. The molecule has 1 heterocycles. The van der Waals surface area contributed by atoms with E-state index in [0.29, 0.717) is 0 Å². The molecule has 10 heteroatoms. The second-order valence-electron chi connectivity index (χ2n) is 4.42. The van der Waals surface area contributed by atoms with Gasteiger partial charge in [0.15, 0.2) is 0 Å². The number of carbonyl (C=O) groups is 2. The number of nitrogens with one attached hydrogen (secondary N) is 2. The van der Waals surface area contributed by atoms with Crippen molar-refractivity contribution in [2.24, 2.45) is 5.92 Å². The highest BCUT2D eigenvalue weighted by Crippen LogP contribution is 2.18. The Morgan fingerprint density at radius 3 is 2.60 bits per heavy atom. The number of amides is 2. The van der Waals surface area contributed by atoms with Crippen LogP contribution in [-0.2, 0) is 19.6 Å². The molecule has 116 valence electrons. The summed E-state index contributed by atoms with van der Waals surface area (Å²) in [5.74, 6) is -2.04. The van der Waals surface area contributed by atoms with Crippen LogP contribution in [0.25, 0.3) is 0 Å². The Morgan fingerprint density at radius 1 is 1.40 bits per heavy atom. The van der Waals surface area contributed by atoms with Crippen molar-refractivity contribution in [2.45, 2.75) is 6.04 Å². The average Bonchev–Trinajstić information content (AvgIpc) is 2.86. The second kappa shape index (κ2) is 6.86. The molecule has 1 saturated heterocycles. The number of sulfonamides is 1. The molecule has 1 aliphatic rings. The van der Waals surface area contributed by atoms with Gasteiger partial charge in [-0.2, -0.15) is 0 Å². The van der Waals surface area contributed by atoms with E-state index in [4.69, 9.17) is 9.84 Å². The lowest BCUT2D eigenvalue weighted by atomic mass is 10.0. The Kier molecular flexibility index (Phi) is 5.72. The van der Waals surface area contributed by atoms with Crippen molar-refractivity contribution in [2.75, 3.05) is 39.6 Å². The van der Waals surface area contributed by atoms with E-state index in [9.17, 15) is 18.0 Å². The summed E-state index contributed by atoms with van der Waals surface area (Å²) < 4.78 is 29.6. The first kappa shape index (κ1) is 16.7. The van der Waals surface area contributed by atoms with Crippen LogP contribution in [0.4, 0.5) is 4.79 Å². The van der Waals surface area contributed by atoms with Crippen molar-refractivity contribution in [3.63, 3.8) is 0 Å². The number of rotatable bonds is 6. The van der Waals surface area contributed by atoms with Gasteiger partial charge in [0, 0.05) is 13.6 Å². The summed E-state index contributed by atoms with van der Waals surface area (Å²) in [5, 5.41) is 11.4. The number of nitrogens with zero attached hydrogens (tertiary/aromatic N) is 1. The standard InChI is InChI=1S/C10H19N3O6S/c1-11-20(17,18)4-3-12-10(16)13(2)8-6-19-5-7(8)9(14)15/h7-8,11H,3-6H2,1-2H3,(H,12,16)(H,14,15). The molecule has 0 spiro atoms. The molecule has 0 saturated carbocycles. The summed E-state index contributed by atoms with van der Waals surface area (Å²) in [7, 11) is -0.642. The van der Waals surface area contributed by atoms with Crippen molar-refractivity contribution in [3.8, 4) is 0 Å². The Hall–Kier alpha value is -1.39. The summed E-state index contributed by atoms with van der Waals surface area (Å²) in [6.45, 7) is 0.152. The number of urea groups is 1. The highest BCUT2D eigenvalue weighted by molar-refractivity contribution is 7.89. The van der Waals surface area contributed by atoms with Crippen LogP contribution in [0.1, 0.15) is 0 Å². The van der Waals surface area contributed by atoms with Crippen LogP contribution in [0.2, 0.25) is 0 Å². The summed E-state index contributed by atoms with van der Waals surface area (Å²) in [6.07, 6.45) is 0. The predicted molar refractivity (Wildman–Crippen MR) is 69.7 cm³/mol. The predicted octanol–water partition coefficient (Wildman–Crippen LogP) is -1.72. The highest BCUT2D eigenvalue weighted by atomic mass is 32.2. The van der Waals surface area contributed by atoms with Gasteiger partial charge in [-0.15, -0.1) is 0 Å². The van der Waals surface area contributed by atoms with Gasteiger partial charge < -0.3 is 20.1 Å². The Morgan fingerprint density at radius 2 is 2.05 bits per heavy atom. The van der Waals surface area contributed by atoms with E-state index in [1.54, 1.807) is 0 Å². The topological polar surface area (TPSA) is 125 Å². The molecule has 9 nitrogen and oxygen atoms in total. The zero-order valence-electron chi connectivity index (χ0n) is 11.3. The number of ether oxygens (including phenoxy) is 1. The molecule has 2 unspecified atom stereocenters. The highest BCUT2D eigenvalue weighted by Gasteiger charge is 2.38. The third-order valence-corrected chi connectivity index (χ3v) is 4.51. The zero-order valence-corrected chi connectivity index (χ0v) is 12.1. The van der Waals surface area contributed by atoms with E-state index in [-0.39, 0.29) is 25.5 Å². The fourth-order valence-corrected chi connectivity index (χ4v) is 2.41. The van der Waals surface area contributed by atoms with Gasteiger partial charge in [0.2, 0.25) is 10.0 Å². The molecule has 0 aliphatic carbocycles. The quantitative estimate of drug-likeness (QED) is 0.536. The van der Waals surface area contributed by atoms with Crippen molar-refractivity contribution in [3.05, 3.63) is 0 Å². The number of carboxylic acid groups (broad SMARTS) is 1. The first-order valence-electron chi connectivity index (χ1n) is 6.01. The van der Waals surface area contributed by atoms with Gasteiger partial charge in [0.1, 0.15) is 5.92 Å². The van der Waals surface area contributed by atoms with Gasteiger partial charge in [-0.3, -0.25) is 4.79 Å². The van der Waals surface area contributed by atoms with E-state index >= 15 is 0 Å². The second-order valence-corrected chi connectivity index (χ2v) is 6.46. The maximum atomic E-state index is 11.8. The zero-order chi connectivity index (χ0) is 15.3. The monoisotopic (exact) mass is 309 g/mol. The van der Waals surface area contributed by atoms with Gasteiger partial charge in [0.05, 0.1) is 25.0 Å². The smallest absolute Gasteiger partial charge is 0.317 e. The van der Waals surface area contributed by atoms with E-state index in [1.807, 2.05) is 0 Å². The maximum Gasteiger partial charge on any atom is 0.317 e. The molecular weight excluding hydrogens is 290 g/mol. The number of carboxylic acids is 1. The van der Waals surface area contributed by atoms with Crippen molar-refractivity contribution in [1.82, 2.24) is 14.9 Å². The molecule has 20 heavy (non-hydrogen) atoms. The maximum absolute atomic E-state index is 11.8. The third kappa shape index (κ3) is 4.32. The van der Waals surface area contributed by atoms with Crippen molar-refractivity contribution in [1.29, 1.82) is 0 Å². The molecule has 0 radical (unpaired) electrons. The van der Waals surface area contributed by atoms with Gasteiger partial charge in [-0.1, -0.05) is 0 Å². The van der Waals surface area contributed by atoms with Crippen LogP contribution in [0.15, 0.2) is 0 Å². The Balaban J connectivity index is 2.49. The largest absolute Gasteiger partial charge is 0.481 e. The Bertz CT molecular complexity index is 466. The summed E-state index contributed by atoms with van der Waals surface area (Å²) in [5.41, 5.74) is 0. The molecule has 2 atom stereocenters. The van der Waals surface area contributed by atoms with Crippen LogP contribution >= 0.6 is 0 Å². The minimum Gasteiger partial charge on any atom is -0.481 e. The van der Waals surface area contributed by atoms with Crippen LogP contribution in [0.5, 0.6) is 0 Å². The average molecular weight is 309 g/mol. The molecule has 3 N–H and O–H groups in total. The summed E-state index contributed by atoms with van der Waals surface area (Å²) >= 11 is 0. The number of hydrogen-bond acceptors (Lipinski definition) is 5. The van der Waals surface area contributed by atoms with Gasteiger partial charge in [-0.05, 0) is 7.05 Å². The van der Waals surface area contributed by atoms with Crippen LogP contribution < -0.4 is 10.0 Å². The van der Waals surface area contributed by atoms with E-state index in [2.05, 4.69) is 10.0 Å². The van der Waals surface area contributed by atoms with Crippen molar-refractivity contribution >= 4 is 22.0 Å². The molecule has 2 amide bonds. The summed E-state index contributed by atoms with van der Waals surface area (Å²) in [6, 6.07) is -1.09. The van der Waals surface area contributed by atoms with Crippen LogP contribution in [0.3, 0.4) is 0 Å². The van der Waals surface area contributed by atoms with E-state index in [1.165, 1.54) is 19.0 Å². The van der Waals surface area contributed by atoms with Gasteiger partial charge >= 0.3 is 12.0 Å². The number of aliphatic carboxylic acids is 1. The molecule has 0 aromatic rings. The number of likely N-dealkylation sites (N-methyl/N-ethyl adjacent to an activating group) is 1. The fraction of sp³-hybridized carbons (Fsp3) is 0.800. The third-order valence-electron chi connectivity index (χ3n) is 3.14. The van der Waals surface area contributed by atoms with E-state index in [0.717, 1.165) is 0 Å². The first-order valence-corrected chi connectivity index (χ1v) is 7.66. The molecule has 0 aromatic carbocycles. The molecule has 0 bridgehead atoms. The first-order chi connectivity index (χ1) is 9.28. The number of carbonyl (C=O) groups excluding carboxylic acids is 1. The van der Waals surface area contributed by atoms with E-state index < -0.39 is 34.0 Å². The summed E-state index contributed by atoms with van der Waals surface area (Å²) in [4.78, 5) is 24.1. The lowest BCUT2D eigenvalue weighted by Gasteiger charge is -2.26. The van der Waals surface area contributed by atoms with Gasteiger partial charge in [-0.25, -0.2) is 17.9 Å². The molecule has 1 aliphatic heterocycles. The minimum absolute atomic E-state index is 0.0579.